The number of halogens is 6. The predicted octanol–water partition coefficient (Wildman–Crippen LogP) is 6.86. The number of thiophene rings is 1. The lowest BCUT2D eigenvalue weighted by Gasteiger charge is -2.34. The second kappa shape index (κ2) is 12.3. The lowest BCUT2D eigenvalue weighted by molar-refractivity contribution is -0.0548. The first-order chi connectivity index (χ1) is 23.6. The van der Waals surface area contributed by atoms with Crippen LogP contribution < -0.4 is 20.1 Å². The van der Waals surface area contributed by atoms with E-state index in [1.54, 1.807) is 4.90 Å². The maximum absolute atomic E-state index is 17.2. The summed E-state index contributed by atoms with van der Waals surface area (Å²) in [6.45, 7) is 1.21. The van der Waals surface area contributed by atoms with E-state index in [2.05, 4.69) is 9.88 Å². The first-order valence-corrected chi connectivity index (χ1v) is 17.2. The number of ether oxygens (including phenoxy) is 3. The number of nitriles is 1. The first-order valence-electron chi connectivity index (χ1n) is 16.0. The average molecular weight is 721 g/mol. The van der Waals surface area contributed by atoms with Gasteiger partial charge in [-0.05, 0) is 37.4 Å². The van der Waals surface area contributed by atoms with Gasteiger partial charge in [-0.1, -0.05) is 17.7 Å². The van der Waals surface area contributed by atoms with Gasteiger partial charge in [0, 0.05) is 36.9 Å². The molecule has 3 fully saturated rings. The van der Waals surface area contributed by atoms with Crippen molar-refractivity contribution in [3.05, 3.63) is 34.4 Å². The van der Waals surface area contributed by atoms with Crippen molar-refractivity contribution in [3.63, 3.8) is 0 Å². The quantitative estimate of drug-likeness (QED) is 0.221. The molecule has 2 aromatic carbocycles. The van der Waals surface area contributed by atoms with Crippen LogP contribution in [0.5, 0.6) is 11.8 Å². The molecule has 0 radical (unpaired) electrons. The fraction of sp³-hybridized carbons (Fsp3) is 0.485. The Morgan fingerprint density at radius 2 is 2.04 bits per heavy atom. The minimum absolute atomic E-state index is 0.0230. The third kappa shape index (κ3) is 5.21. The Hall–Kier alpha value is -3.71. The van der Waals surface area contributed by atoms with Gasteiger partial charge in [0.15, 0.2) is 11.6 Å². The number of nitrogens with two attached hydrogens (primary N) is 1. The van der Waals surface area contributed by atoms with Crippen molar-refractivity contribution in [2.75, 3.05) is 50.1 Å². The van der Waals surface area contributed by atoms with Crippen molar-refractivity contribution in [1.82, 2.24) is 14.9 Å². The molecule has 2 N–H and O–H groups in total. The van der Waals surface area contributed by atoms with E-state index in [9.17, 15) is 22.8 Å². The van der Waals surface area contributed by atoms with E-state index < -0.39 is 41.9 Å². The van der Waals surface area contributed by atoms with E-state index in [1.165, 1.54) is 6.07 Å². The van der Waals surface area contributed by atoms with E-state index in [0.29, 0.717) is 19.4 Å². The molecule has 4 atom stereocenters. The lowest BCUT2D eigenvalue weighted by atomic mass is 9.95. The maximum atomic E-state index is 17.2. The van der Waals surface area contributed by atoms with Gasteiger partial charge >= 0.3 is 6.01 Å². The van der Waals surface area contributed by atoms with Crippen LogP contribution in [0.25, 0.3) is 32.1 Å². The van der Waals surface area contributed by atoms with Gasteiger partial charge in [0.2, 0.25) is 0 Å². The number of hydrogen-bond acceptors (Lipinski definition) is 10. The molecule has 16 heteroatoms. The lowest BCUT2D eigenvalue weighted by Crippen LogP contribution is -2.43. The summed E-state index contributed by atoms with van der Waals surface area (Å²) in [5, 5.41) is 10.0. The standard InChI is InChI=1S/C33H30ClF5N6O3S/c34-24-22(17-2-3-19(36)28-21(17)18(11-40)30(41)49-28)25(37)26-23-27(24)46-9-5-16-13-47-20(29(38)39)4-8-45(16)31(23)43-32(42-26)48-14-33-6-1-7-44(33)12-15(35)10-33/h2-3,15-16,20,29H,1,4-10,12-14,41H2/t15-,16?,20?,33+/m1/s1. The molecule has 4 aromatic rings. The molecule has 3 saturated heterocycles. The molecule has 258 valence electrons. The second-order valence-corrected chi connectivity index (χ2v) is 14.4. The molecule has 2 aromatic heterocycles. The van der Waals surface area contributed by atoms with Gasteiger partial charge < -0.3 is 24.8 Å². The maximum Gasteiger partial charge on any atom is 0.319 e. The first kappa shape index (κ1) is 32.5. The van der Waals surface area contributed by atoms with E-state index in [1.807, 2.05) is 6.07 Å². The zero-order valence-corrected chi connectivity index (χ0v) is 27.5. The molecular formula is C33H30ClF5N6O3S. The van der Waals surface area contributed by atoms with E-state index in [0.717, 1.165) is 30.4 Å². The topological polar surface area (TPSA) is 110 Å². The molecule has 4 aliphatic rings. The predicted molar refractivity (Wildman–Crippen MR) is 175 cm³/mol. The van der Waals surface area contributed by atoms with Crippen LogP contribution in [0.4, 0.5) is 32.8 Å². The van der Waals surface area contributed by atoms with Crippen LogP contribution in [0.15, 0.2) is 12.1 Å². The van der Waals surface area contributed by atoms with Crippen LogP contribution >= 0.6 is 22.9 Å². The molecule has 0 spiro atoms. The van der Waals surface area contributed by atoms with Crippen LogP contribution in [0, 0.1) is 23.0 Å². The number of anilines is 2. The highest BCUT2D eigenvalue weighted by Gasteiger charge is 2.49. The van der Waals surface area contributed by atoms with E-state index in [4.69, 9.17) is 36.5 Å². The van der Waals surface area contributed by atoms with E-state index in [-0.39, 0.29) is 104 Å². The van der Waals surface area contributed by atoms with Crippen molar-refractivity contribution in [3.8, 4) is 29.0 Å². The largest absolute Gasteiger partial charge is 0.491 e. The highest BCUT2D eigenvalue weighted by molar-refractivity contribution is 7.23. The molecular weight excluding hydrogens is 691 g/mol. The Balaban J connectivity index is 1.34. The molecule has 0 saturated carbocycles. The minimum atomic E-state index is -2.70. The Labute approximate surface area is 286 Å². The monoisotopic (exact) mass is 720 g/mol. The Kier molecular flexibility index (Phi) is 8.13. The number of alkyl halides is 3. The van der Waals surface area contributed by atoms with Crippen molar-refractivity contribution in [1.29, 1.82) is 5.26 Å². The zero-order valence-electron chi connectivity index (χ0n) is 26.0. The SMILES string of the molecule is N#Cc1c(N)sc2c(F)ccc(-c3c(Cl)c4c5c(nc(OC[C@@]67CCCN6C[C@H](F)C7)nc5c3F)N3CCC(C(F)F)OCC3CCO4)c12. The summed E-state index contributed by atoms with van der Waals surface area (Å²) in [4.78, 5) is 13.1. The van der Waals surface area contributed by atoms with Crippen molar-refractivity contribution in [2.45, 2.75) is 62.4 Å². The molecule has 9 nitrogen and oxygen atoms in total. The highest BCUT2D eigenvalue weighted by atomic mass is 35.5. The number of nitrogens with zero attached hydrogens (tertiary/aromatic N) is 5. The second-order valence-electron chi connectivity index (χ2n) is 13.0. The third-order valence-corrected chi connectivity index (χ3v) is 11.6. The van der Waals surface area contributed by atoms with Gasteiger partial charge in [0.1, 0.15) is 47.1 Å². The van der Waals surface area contributed by atoms with Crippen LogP contribution in [0.1, 0.15) is 37.7 Å². The van der Waals surface area contributed by atoms with Gasteiger partial charge in [0.25, 0.3) is 6.43 Å². The Morgan fingerprint density at radius 3 is 2.84 bits per heavy atom. The number of fused-ring (bicyclic) bond motifs is 4. The fourth-order valence-electron chi connectivity index (χ4n) is 7.91. The van der Waals surface area contributed by atoms with Gasteiger partial charge in [-0.25, -0.2) is 22.0 Å². The van der Waals surface area contributed by atoms with Gasteiger partial charge in [-0.2, -0.15) is 15.2 Å². The third-order valence-electron chi connectivity index (χ3n) is 10.2. The molecule has 0 aliphatic carbocycles. The zero-order chi connectivity index (χ0) is 34.2. The summed E-state index contributed by atoms with van der Waals surface area (Å²) < 4.78 is 92.4. The van der Waals surface area contributed by atoms with Crippen LogP contribution in [0.3, 0.4) is 0 Å². The van der Waals surface area contributed by atoms with Gasteiger partial charge in [0.05, 0.1) is 45.5 Å². The normalized spacial score (nSPS) is 25.5. The van der Waals surface area contributed by atoms with Crippen LogP contribution in [0.2, 0.25) is 5.02 Å². The molecule has 2 unspecified atom stereocenters. The van der Waals surface area contributed by atoms with Crippen molar-refractivity contribution < 1.29 is 36.2 Å². The summed E-state index contributed by atoms with van der Waals surface area (Å²) in [6.07, 6.45) is -2.84. The van der Waals surface area contributed by atoms with Gasteiger partial charge in [-0.15, -0.1) is 11.3 Å². The van der Waals surface area contributed by atoms with Crippen LogP contribution in [-0.4, -0.2) is 84.6 Å². The van der Waals surface area contributed by atoms with Crippen molar-refractivity contribution >= 4 is 54.7 Å². The van der Waals surface area contributed by atoms with E-state index >= 15 is 4.39 Å². The summed E-state index contributed by atoms with van der Waals surface area (Å²) in [5.74, 6) is -1.34. The smallest absolute Gasteiger partial charge is 0.319 e. The molecule has 6 heterocycles. The summed E-state index contributed by atoms with van der Waals surface area (Å²) in [5.41, 5.74) is 5.17. The summed E-state index contributed by atoms with van der Waals surface area (Å²) >= 11 is 7.86. The fourth-order valence-corrected chi connectivity index (χ4v) is 9.19. The molecule has 49 heavy (non-hydrogen) atoms. The molecule has 8 rings (SSSR count). The molecule has 0 bridgehead atoms. The van der Waals surface area contributed by atoms with Crippen LogP contribution in [-0.2, 0) is 4.74 Å². The molecule has 0 amide bonds. The number of aromatic nitrogens is 2. The number of rotatable bonds is 5. The number of benzene rings is 2. The number of nitrogen functional groups attached to an aromatic ring is 1. The molecule has 4 aliphatic heterocycles. The Bertz CT molecular complexity index is 2030. The number of hydrogen-bond donors (Lipinski definition) is 1. The summed E-state index contributed by atoms with van der Waals surface area (Å²) in [7, 11) is 0. The van der Waals surface area contributed by atoms with Crippen molar-refractivity contribution in [2.24, 2.45) is 0 Å². The van der Waals surface area contributed by atoms with Gasteiger partial charge in [-0.3, -0.25) is 4.90 Å². The Morgan fingerprint density at radius 1 is 1.20 bits per heavy atom. The summed E-state index contributed by atoms with van der Waals surface area (Å²) in [6, 6.07) is 3.81. The minimum Gasteiger partial charge on any atom is -0.491 e. The highest BCUT2D eigenvalue weighted by Crippen LogP contribution is 2.51. The average Bonchev–Trinajstić information content (AvgIpc) is 3.65.